The van der Waals surface area contributed by atoms with Crippen molar-refractivity contribution in [1.29, 1.82) is 0 Å². The van der Waals surface area contributed by atoms with Gasteiger partial charge >= 0.3 is 5.97 Å². The van der Waals surface area contributed by atoms with Crippen LogP contribution in [0.15, 0.2) is 23.4 Å². The molecule has 0 fully saturated rings. The third-order valence-corrected chi connectivity index (χ3v) is 3.32. The highest BCUT2D eigenvalue weighted by atomic mass is 32.2. The van der Waals surface area contributed by atoms with Crippen molar-refractivity contribution in [2.24, 2.45) is 0 Å². The van der Waals surface area contributed by atoms with Crippen molar-refractivity contribution < 1.29 is 23.1 Å². The number of aromatic nitrogens is 1. The fourth-order valence-electron chi connectivity index (χ4n) is 1.02. The Kier molecular flexibility index (Phi) is 4.05. The molecule has 0 saturated carbocycles. The molecule has 0 spiro atoms. The number of carboxylic acid groups (broad SMARTS) is 1. The minimum atomic E-state index is -3.68. The van der Waals surface area contributed by atoms with E-state index in [2.05, 4.69) is 14.4 Å². The fraction of sp³-hybridized carbons (Fsp3) is 0.375. The molecule has 0 saturated heterocycles. The Labute approximate surface area is 92.5 Å². The first-order valence-electron chi connectivity index (χ1n) is 4.35. The number of ether oxygens (including phenoxy) is 1. The molecule has 1 rings (SSSR count). The number of aliphatic carboxylic acids is 1. The summed E-state index contributed by atoms with van der Waals surface area (Å²) in [6.07, 6.45) is 1.55. The molecule has 0 aliphatic rings. The molecule has 1 heterocycles. The van der Waals surface area contributed by atoms with Gasteiger partial charge < -0.3 is 14.8 Å². The number of carboxylic acids is 1. The summed E-state index contributed by atoms with van der Waals surface area (Å²) in [5.41, 5.74) is 0. The van der Waals surface area contributed by atoms with Gasteiger partial charge in [0, 0.05) is 26.0 Å². The Bertz CT molecular complexity index is 439. The summed E-state index contributed by atoms with van der Waals surface area (Å²) in [7, 11) is -2.48. The largest absolute Gasteiger partial charge is 0.479 e. The highest BCUT2D eigenvalue weighted by Crippen LogP contribution is 2.06. The summed E-state index contributed by atoms with van der Waals surface area (Å²) in [5, 5.41) is 8.63. The maximum atomic E-state index is 11.6. The second kappa shape index (κ2) is 5.10. The van der Waals surface area contributed by atoms with Gasteiger partial charge in [-0.15, -0.1) is 0 Å². The molecule has 16 heavy (non-hydrogen) atoms. The van der Waals surface area contributed by atoms with Gasteiger partial charge in [-0.25, -0.2) is 17.9 Å². The van der Waals surface area contributed by atoms with Crippen LogP contribution < -0.4 is 4.72 Å². The molecule has 0 bridgehead atoms. The van der Waals surface area contributed by atoms with Crippen molar-refractivity contribution in [3.8, 4) is 0 Å². The van der Waals surface area contributed by atoms with Crippen LogP contribution in [0.25, 0.3) is 0 Å². The van der Waals surface area contributed by atoms with Gasteiger partial charge in [-0.05, 0) is 6.07 Å². The third-order valence-electron chi connectivity index (χ3n) is 1.90. The Morgan fingerprint density at radius 1 is 1.69 bits per heavy atom. The lowest BCUT2D eigenvalue weighted by Gasteiger charge is -2.11. The zero-order chi connectivity index (χ0) is 12.2. The molecule has 7 nitrogen and oxygen atoms in total. The van der Waals surface area contributed by atoms with Crippen molar-refractivity contribution in [2.75, 3.05) is 13.7 Å². The molecule has 3 N–H and O–H groups in total. The summed E-state index contributed by atoms with van der Waals surface area (Å²) in [6, 6.07) is 1.37. The second-order valence-corrected chi connectivity index (χ2v) is 4.73. The Morgan fingerprint density at radius 3 is 2.81 bits per heavy atom. The SMILES string of the molecule is COC(CNS(=O)(=O)c1cc[nH]c1)C(=O)O. The maximum absolute atomic E-state index is 11.6. The van der Waals surface area contributed by atoms with Gasteiger partial charge in [0.15, 0.2) is 6.10 Å². The third kappa shape index (κ3) is 3.05. The molecule has 0 aliphatic carbocycles. The average molecular weight is 248 g/mol. The zero-order valence-electron chi connectivity index (χ0n) is 8.50. The Balaban J connectivity index is 2.65. The molecular weight excluding hydrogens is 236 g/mol. The second-order valence-electron chi connectivity index (χ2n) is 2.96. The van der Waals surface area contributed by atoms with Crippen LogP contribution in [0.3, 0.4) is 0 Å². The van der Waals surface area contributed by atoms with Crippen LogP contribution in [0, 0.1) is 0 Å². The van der Waals surface area contributed by atoms with Gasteiger partial charge in [-0.2, -0.15) is 0 Å². The van der Waals surface area contributed by atoms with Crippen molar-refractivity contribution in [2.45, 2.75) is 11.0 Å². The number of aromatic amines is 1. The van der Waals surface area contributed by atoms with Crippen molar-refractivity contribution in [3.05, 3.63) is 18.5 Å². The van der Waals surface area contributed by atoms with Crippen LogP contribution in [0.2, 0.25) is 0 Å². The van der Waals surface area contributed by atoms with Gasteiger partial charge in [0.05, 0.1) is 4.90 Å². The zero-order valence-corrected chi connectivity index (χ0v) is 9.32. The van der Waals surface area contributed by atoms with Crippen LogP contribution in [0.4, 0.5) is 0 Å². The first-order chi connectivity index (χ1) is 7.47. The van der Waals surface area contributed by atoms with E-state index in [-0.39, 0.29) is 11.4 Å². The first-order valence-corrected chi connectivity index (χ1v) is 5.83. The van der Waals surface area contributed by atoms with Gasteiger partial charge in [-0.3, -0.25) is 0 Å². The van der Waals surface area contributed by atoms with E-state index in [0.29, 0.717) is 0 Å². The van der Waals surface area contributed by atoms with E-state index in [1.54, 1.807) is 0 Å². The Hall–Kier alpha value is -1.38. The van der Waals surface area contributed by atoms with Crippen LogP contribution in [-0.2, 0) is 19.6 Å². The van der Waals surface area contributed by atoms with E-state index < -0.39 is 22.1 Å². The van der Waals surface area contributed by atoms with Gasteiger partial charge in [-0.1, -0.05) is 0 Å². The minimum absolute atomic E-state index is 0.0488. The number of carbonyl (C=O) groups is 1. The molecule has 0 aromatic carbocycles. The van der Waals surface area contributed by atoms with Crippen molar-refractivity contribution >= 4 is 16.0 Å². The summed E-state index contributed by atoms with van der Waals surface area (Å²) in [4.78, 5) is 13.2. The molecule has 90 valence electrons. The number of nitrogens with one attached hydrogen (secondary N) is 2. The Morgan fingerprint density at radius 2 is 2.38 bits per heavy atom. The van der Waals surface area contributed by atoms with Crippen molar-refractivity contribution in [3.63, 3.8) is 0 Å². The van der Waals surface area contributed by atoms with Gasteiger partial charge in [0.2, 0.25) is 10.0 Å². The summed E-state index contributed by atoms with van der Waals surface area (Å²) in [5.74, 6) is -1.22. The number of hydrogen-bond donors (Lipinski definition) is 3. The lowest BCUT2D eigenvalue weighted by atomic mass is 10.4. The quantitative estimate of drug-likeness (QED) is 0.622. The summed E-state index contributed by atoms with van der Waals surface area (Å²) < 4.78 is 29.8. The van der Waals surface area contributed by atoms with Crippen molar-refractivity contribution in [1.82, 2.24) is 9.71 Å². The smallest absolute Gasteiger partial charge is 0.334 e. The molecule has 8 heteroatoms. The van der Waals surface area contributed by atoms with E-state index in [4.69, 9.17) is 5.11 Å². The van der Waals surface area contributed by atoms with Crippen LogP contribution in [-0.4, -0.2) is 44.2 Å². The average Bonchev–Trinajstić information content (AvgIpc) is 2.71. The van der Waals surface area contributed by atoms with E-state index >= 15 is 0 Å². The highest BCUT2D eigenvalue weighted by molar-refractivity contribution is 7.89. The predicted octanol–water partition coefficient (Wildman–Crippen LogP) is -0.607. The van der Waals surface area contributed by atoms with Gasteiger partial charge in [0.1, 0.15) is 0 Å². The number of sulfonamides is 1. The number of H-pyrrole nitrogens is 1. The molecule has 1 aromatic heterocycles. The molecule has 0 aliphatic heterocycles. The standard InChI is InChI=1S/C8H12N2O5S/c1-15-7(8(11)12)5-10-16(13,14)6-2-3-9-4-6/h2-4,7,9-10H,5H2,1H3,(H,11,12). The van der Waals surface area contributed by atoms with Crippen LogP contribution >= 0.6 is 0 Å². The summed E-state index contributed by atoms with van der Waals surface area (Å²) >= 11 is 0. The monoisotopic (exact) mass is 248 g/mol. The number of methoxy groups -OCH3 is 1. The number of hydrogen-bond acceptors (Lipinski definition) is 4. The highest BCUT2D eigenvalue weighted by Gasteiger charge is 2.21. The topological polar surface area (TPSA) is 108 Å². The van der Waals surface area contributed by atoms with Gasteiger partial charge in [0.25, 0.3) is 0 Å². The van der Waals surface area contributed by atoms with E-state index in [1.165, 1.54) is 25.6 Å². The fourth-order valence-corrected chi connectivity index (χ4v) is 2.02. The van der Waals surface area contributed by atoms with Crippen LogP contribution in [0.1, 0.15) is 0 Å². The predicted molar refractivity (Wildman–Crippen MR) is 54.4 cm³/mol. The van der Waals surface area contributed by atoms with E-state index in [0.717, 1.165) is 0 Å². The number of rotatable bonds is 6. The lowest BCUT2D eigenvalue weighted by molar-refractivity contribution is -0.147. The summed E-state index contributed by atoms with van der Waals surface area (Å²) in [6.45, 7) is -0.320. The molecule has 0 radical (unpaired) electrons. The minimum Gasteiger partial charge on any atom is -0.479 e. The van der Waals surface area contributed by atoms with Crippen LogP contribution in [0.5, 0.6) is 0 Å². The molecule has 0 amide bonds. The van der Waals surface area contributed by atoms with E-state index in [1.807, 2.05) is 0 Å². The molecule has 1 aromatic rings. The molecule has 1 atom stereocenters. The van der Waals surface area contributed by atoms with E-state index in [9.17, 15) is 13.2 Å². The maximum Gasteiger partial charge on any atom is 0.334 e. The molecular formula is C8H12N2O5S. The molecule has 1 unspecified atom stereocenters. The normalized spacial score (nSPS) is 13.6. The lowest BCUT2D eigenvalue weighted by Crippen LogP contribution is -2.37. The first kappa shape index (κ1) is 12.7.